The van der Waals surface area contributed by atoms with Gasteiger partial charge in [0.1, 0.15) is 0 Å². The van der Waals surface area contributed by atoms with E-state index in [-0.39, 0.29) is 11.3 Å². The number of fused-ring (bicyclic) bond motifs is 1. The number of rotatable bonds is 5. The summed E-state index contributed by atoms with van der Waals surface area (Å²) in [5.74, 6) is -1.10. The summed E-state index contributed by atoms with van der Waals surface area (Å²) in [6, 6.07) is 10.1. The van der Waals surface area contributed by atoms with Crippen LogP contribution in [0.4, 0.5) is 13.2 Å². The average Bonchev–Trinajstić information content (AvgIpc) is 3.13. The first-order valence-corrected chi connectivity index (χ1v) is 8.96. The predicted octanol–water partition coefficient (Wildman–Crippen LogP) is 5.02. The van der Waals surface area contributed by atoms with Crippen molar-refractivity contribution < 1.29 is 27.5 Å². The van der Waals surface area contributed by atoms with Crippen LogP contribution in [0.1, 0.15) is 46.0 Å². The highest BCUT2D eigenvalue weighted by Gasteiger charge is 2.30. The number of ketones is 1. The highest BCUT2D eigenvalue weighted by atomic mass is 19.4. The van der Waals surface area contributed by atoms with Crippen LogP contribution in [0.25, 0.3) is 6.08 Å². The van der Waals surface area contributed by atoms with Gasteiger partial charge in [-0.05, 0) is 67.2 Å². The molecule has 0 radical (unpaired) electrons. The Morgan fingerprint density at radius 2 is 1.82 bits per heavy atom. The fourth-order valence-corrected chi connectivity index (χ4v) is 3.21. The lowest BCUT2D eigenvalue weighted by atomic mass is 10.0. The zero-order valence-electron chi connectivity index (χ0n) is 15.3. The van der Waals surface area contributed by atoms with Gasteiger partial charge in [0.25, 0.3) is 0 Å². The van der Waals surface area contributed by atoms with E-state index in [1.54, 1.807) is 6.07 Å². The van der Waals surface area contributed by atoms with Crippen molar-refractivity contribution in [2.24, 2.45) is 0 Å². The summed E-state index contributed by atoms with van der Waals surface area (Å²) in [7, 11) is 0. The minimum atomic E-state index is -4.46. The number of ether oxygens (including phenoxy) is 1. The van der Waals surface area contributed by atoms with Crippen LogP contribution in [0.5, 0.6) is 0 Å². The lowest BCUT2D eigenvalue weighted by Crippen LogP contribution is -2.23. The van der Waals surface area contributed by atoms with Crippen molar-refractivity contribution in [3.63, 3.8) is 0 Å². The summed E-state index contributed by atoms with van der Waals surface area (Å²) in [5.41, 5.74) is 2.29. The van der Waals surface area contributed by atoms with Crippen LogP contribution in [0.2, 0.25) is 0 Å². The topological polar surface area (TPSA) is 43.4 Å². The van der Waals surface area contributed by atoms with Crippen LogP contribution in [0, 0.1) is 0 Å². The Morgan fingerprint density at radius 1 is 1.07 bits per heavy atom. The summed E-state index contributed by atoms with van der Waals surface area (Å²) >= 11 is 0. The Balaban J connectivity index is 1.63. The molecule has 0 heterocycles. The molecule has 0 amide bonds. The second-order valence-corrected chi connectivity index (χ2v) is 6.74. The van der Waals surface area contributed by atoms with Gasteiger partial charge < -0.3 is 4.74 Å². The maximum absolute atomic E-state index is 12.7. The van der Waals surface area contributed by atoms with Crippen LogP contribution in [-0.2, 0) is 28.5 Å². The molecule has 146 valence electrons. The summed E-state index contributed by atoms with van der Waals surface area (Å²) in [6.07, 6.45) is -0.192. The van der Waals surface area contributed by atoms with Gasteiger partial charge in [-0.2, -0.15) is 13.2 Å². The van der Waals surface area contributed by atoms with Crippen LogP contribution in [-0.4, -0.2) is 17.9 Å². The first kappa shape index (κ1) is 19.9. The van der Waals surface area contributed by atoms with Crippen molar-refractivity contribution >= 4 is 17.8 Å². The van der Waals surface area contributed by atoms with Crippen molar-refractivity contribution in [1.29, 1.82) is 0 Å². The van der Waals surface area contributed by atoms with Crippen molar-refractivity contribution in [2.75, 3.05) is 0 Å². The molecular formula is C22H19F3O3. The Labute approximate surface area is 160 Å². The van der Waals surface area contributed by atoms with Crippen molar-refractivity contribution in [2.45, 2.75) is 38.5 Å². The van der Waals surface area contributed by atoms with E-state index in [1.807, 2.05) is 12.1 Å². The van der Waals surface area contributed by atoms with E-state index in [4.69, 9.17) is 4.74 Å². The molecule has 0 aromatic heterocycles. The molecule has 0 fully saturated rings. The standard InChI is InChI=1S/C22H19F3O3/c1-14(21(27)18-10-9-16-5-3-6-17(16)13-18)28-20(26)11-8-15-4-2-7-19(12-15)22(23,24)25/h2,4,7-14H,3,5-6H2,1H3/b11-8+/t14-/m0/s1. The first-order chi connectivity index (χ1) is 13.2. The molecule has 2 aromatic carbocycles. The normalized spacial score (nSPS) is 14.7. The molecule has 1 aliphatic carbocycles. The molecule has 6 heteroatoms. The molecule has 28 heavy (non-hydrogen) atoms. The fourth-order valence-electron chi connectivity index (χ4n) is 3.21. The summed E-state index contributed by atoms with van der Waals surface area (Å²) < 4.78 is 43.3. The Kier molecular flexibility index (Phi) is 5.68. The number of Topliss-reactive ketones (excluding diaryl/α,β-unsaturated/α-hetero) is 1. The highest BCUT2D eigenvalue weighted by molar-refractivity contribution is 6.01. The largest absolute Gasteiger partial charge is 0.451 e. The SMILES string of the molecule is C[C@H](OC(=O)/C=C/c1cccc(C(F)(F)F)c1)C(=O)c1ccc2c(c1)CCC2. The van der Waals surface area contributed by atoms with Crippen molar-refractivity contribution in [3.05, 3.63) is 76.4 Å². The fraction of sp³-hybridized carbons (Fsp3) is 0.273. The molecule has 0 bridgehead atoms. The third-order valence-corrected chi connectivity index (χ3v) is 4.67. The van der Waals surface area contributed by atoms with Gasteiger partial charge in [-0.25, -0.2) is 4.79 Å². The van der Waals surface area contributed by atoms with Gasteiger partial charge in [-0.1, -0.05) is 24.3 Å². The van der Waals surface area contributed by atoms with E-state index in [0.717, 1.165) is 43.0 Å². The number of hydrogen-bond donors (Lipinski definition) is 0. The highest BCUT2D eigenvalue weighted by Crippen LogP contribution is 2.29. The second-order valence-electron chi connectivity index (χ2n) is 6.74. The van der Waals surface area contributed by atoms with Gasteiger partial charge in [0.05, 0.1) is 5.56 Å². The number of carbonyl (C=O) groups is 2. The molecule has 3 rings (SSSR count). The number of esters is 1. The smallest absolute Gasteiger partial charge is 0.416 e. The molecule has 3 nitrogen and oxygen atoms in total. The number of alkyl halides is 3. The van der Waals surface area contributed by atoms with Gasteiger partial charge in [0.2, 0.25) is 5.78 Å². The molecule has 0 N–H and O–H groups in total. The number of hydrogen-bond acceptors (Lipinski definition) is 3. The van der Waals surface area contributed by atoms with E-state index in [0.29, 0.717) is 5.56 Å². The van der Waals surface area contributed by atoms with Crippen LogP contribution in [0.3, 0.4) is 0 Å². The van der Waals surface area contributed by atoms with Gasteiger partial charge in [-0.15, -0.1) is 0 Å². The molecule has 0 aliphatic heterocycles. The molecule has 0 saturated heterocycles. The van der Waals surface area contributed by atoms with E-state index >= 15 is 0 Å². The molecule has 0 unspecified atom stereocenters. The molecular weight excluding hydrogens is 369 g/mol. The van der Waals surface area contributed by atoms with Crippen LogP contribution >= 0.6 is 0 Å². The van der Waals surface area contributed by atoms with Crippen molar-refractivity contribution in [3.8, 4) is 0 Å². The molecule has 0 spiro atoms. The lowest BCUT2D eigenvalue weighted by molar-refractivity contribution is -0.140. The Bertz CT molecular complexity index is 929. The van der Waals surface area contributed by atoms with Crippen molar-refractivity contribution in [1.82, 2.24) is 0 Å². The number of carbonyl (C=O) groups excluding carboxylic acids is 2. The van der Waals surface area contributed by atoms with Gasteiger partial charge in [-0.3, -0.25) is 4.79 Å². The van der Waals surface area contributed by atoms with Gasteiger partial charge in [0, 0.05) is 11.6 Å². The van der Waals surface area contributed by atoms with E-state index in [9.17, 15) is 22.8 Å². The number of aryl methyl sites for hydroxylation is 2. The zero-order valence-corrected chi connectivity index (χ0v) is 15.3. The summed E-state index contributed by atoms with van der Waals surface area (Å²) in [6.45, 7) is 1.48. The Morgan fingerprint density at radius 3 is 2.57 bits per heavy atom. The van der Waals surface area contributed by atoms with E-state index in [1.165, 1.54) is 30.7 Å². The zero-order chi connectivity index (χ0) is 20.3. The molecule has 1 aliphatic rings. The van der Waals surface area contributed by atoms with Gasteiger partial charge in [0.15, 0.2) is 6.10 Å². The van der Waals surface area contributed by atoms with Crippen LogP contribution in [0.15, 0.2) is 48.5 Å². The maximum atomic E-state index is 12.7. The molecule has 0 saturated carbocycles. The second kappa shape index (κ2) is 8.00. The lowest BCUT2D eigenvalue weighted by Gasteiger charge is -2.12. The molecule has 1 atom stereocenters. The third kappa shape index (κ3) is 4.68. The maximum Gasteiger partial charge on any atom is 0.416 e. The summed E-state index contributed by atoms with van der Waals surface area (Å²) in [4.78, 5) is 24.4. The minimum absolute atomic E-state index is 0.212. The Hall–Kier alpha value is -2.89. The number of benzene rings is 2. The quantitative estimate of drug-likeness (QED) is 0.410. The third-order valence-electron chi connectivity index (χ3n) is 4.67. The monoisotopic (exact) mass is 388 g/mol. The van der Waals surface area contributed by atoms with Crippen LogP contribution < -0.4 is 0 Å². The summed E-state index contributed by atoms with van der Waals surface area (Å²) in [5, 5.41) is 0. The molecule has 2 aromatic rings. The minimum Gasteiger partial charge on any atom is -0.451 e. The average molecular weight is 388 g/mol. The predicted molar refractivity (Wildman–Crippen MR) is 98.8 cm³/mol. The first-order valence-electron chi connectivity index (χ1n) is 8.96. The van der Waals surface area contributed by atoms with E-state index in [2.05, 4.69) is 0 Å². The van der Waals surface area contributed by atoms with Gasteiger partial charge >= 0.3 is 12.1 Å². The number of halogens is 3. The van der Waals surface area contributed by atoms with E-state index < -0.39 is 23.8 Å².